The second kappa shape index (κ2) is 78.6. The van der Waals surface area contributed by atoms with E-state index < -0.39 is 0 Å². The number of hydrogen-bond donors (Lipinski definition) is 0. The van der Waals surface area contributed by atoms with Crippen LogP contribution in [0.5, 0.6) is 0 Å². The van der Waals surface area contributed by atoms with E-state index in [0.717, 1.165) is 0 Å². The Morgan fingerprint density at radius 2 is 0.571 bits per heavy atom. The molecule has 34 valence electrons. The van der Waals surface area contributed by atoms with Gasteiger partial charge in [0.2, 0.25) is 0 Å². The van der Waals surface area contributed by atoms with Gasteiger partial charge >= 0.3 is 77.5 Å². The van der Waals surface area contributed by atoms with Gasteiger partial charge < -0.3 is 21.9 Å². The first-order valence-electron chi connectivity index (χ1n) is 0. The van der Waals surface area contributed by atoms with E-state index in [1.54, 1.807) is 0 Å². The molecule has 0 aromatic carbocycles. The summed E-state index contributed by atoms with van der Waals surface area (Å²) in [5.41, 5.74) is 0. The number of hydrogen-bond acceptors (Lipinski definition) is 0. The molecule has 0 heterocycles. The Labute approximate surface area is 98.0 Å². The van der Waals surface area contributed by atoms with E-state index in [1.807, 2.05) is 0 Å². The Balaban J connectivity index is 0. The van der Waals surface area contributed by atoms with Crippen LogP contribution >= 0.6 is 0 Å². The molecule has 2 radical (unpaired) electrons. The summed E-state index contributed by atoms with van der Waals surface area (Å²) in [6, 6.07) is 0. The summed E-state index contributed by atoms with van der Waals surface area (Å²) in [7, 11) is 0. The topological polar surface area (TPSA) is 114 Å². The minimum Gasteiger partial charge on any atom is -2.00 e. The van der Waals surface area contributed by atoms with Crippen molar-refractivity contribution in [1.29, 1.82) is 0 Å². The molecule has 0 aromatic rings. The van der Waals surface area contributed by atoms with Gasteiger partial charge in [0.1, 0.15) is 0 Å². The molecular formula is BiNaO4Ti. The zero-order chi connectivity index (χ0) is 0. The quantitative estimate of drug-likeness (QED) is 0.401. The van der Waals surface area contributed by atoms with E-state index in [1.165, 1.54) is 0 Å². The predicted molar refractivity (Wildman–Crippen MR) is 8.50 cm³/mol. The van der Waals surface area contributed by atoms with Gasteiger partial charge in [-0.3, -0.25) is 0 Å². The van der Waals surface area contributed by atoms with Gasteiger partial charge in [0.05, 0.1) is 0 Å². The second-order valence-electron chi connectivity index (χ2n) is 0. The third-order valence-electron chi connectivity index (χ3n) is 0. The minimum atomic E-state index is 0. The SMILES string of the molecule is [Bi+3].[Na+].[O-2].[O-2].[O-2].[O-2].[Ti+4]. The van der Waals surface area contributed by atoms with Gasteiger partial charge in [-0.2, -0.15) is 0 Å². The maximum atomic E-state index is 0. The Morgan fingerprint density at radius 3 is 0.571 bits per heavy atom. The molecule has 0 saturated heterocycles. The first kappa shape index (κ1) is 113. The van der Waals surface area contributed by atoms with Crippen LogP contribution in [-0.4, -0.2) is 26.2 Å². The standard InChI is InChI=1S/Bi.Na.4O.Ti/q+3;+1;4*-2;+4. The van der Waals surface area contributed by atoms with Crippen molar-refractivity contribution in [2.75, 3.05) is 0 Å². The second-order valence-corrected chi connectivity index (χ2v) is 0. The summed E-state index contributed by atoms with van der Waals surface area (Å²) in [4.78, 5) is 0. The van der Waals surface area contributed by atoms with Crippen LogP contribution in [0.25, 0.3) is 0 Å². The summed E-state index contributed by atoms with van der Waals surface area (Å²) < 4.78 is 0. The molecule has 7 heteroatoms. The molecule has 0 aliphatic carbocycles. The zero-order valence-electron chi connectivity index (χ0n) is 3.58. The average molecular weight is 344 g/mol. The molecule has 4 nitrogen and oxygen atoms in total. The van der Waals surface area contributed by atoms with E-state index in [4.69, 9.17) is 0 Å². The molecule has 0 atom stereocenters. The van der Waals surface area contributed by atoms with Crippen LogP contribution in [0.3, 0.4) is 0 Å². The van der Waals surface area contributed by atoms with Crippen LogP contribution in [0.2, 0.25) is 0 Å². The summed E-state index contributed by atoms with van der Waals surface area (Å²) >= 11 is 0. The predicted octanol–water partition coefficient (Wildman–Crippen LogP) is -3.85. The van der Waals surface area contributed by atoms with Gasteiger partial charge in [-0.25, -0.2) is 0 Å². The van der Waals surface area contributed by atoms with E-state index >= 15 is 0 Å². The zero-order valence-corrected chi connectivity index (χ0v) is 10.6. The normalized spacial score (nSPS) is 0. The van der Waals surface area contributed by atoms with Gasteiger partial charge in [0.25, 0.3) is 0 Å². The van der Waals surface area contributed by atoms with Crippen LogP contribution < -0.4 is 29.6 Å². The monoisotopic (exact) mass is 344 g/mol. The summed E-state index contributed by atoms with van der Waals surface area (Å²) in [6.45, 7) is 0. The first-order chi connectivity index (χ1) is 0. The smallest absolute Gasteiger partial charge is 2.00 e. The average Bonchev–Trinajstić information content (AvgIpc) is 0. The van der Waals surface area contributed by atoms with E-state index in [2.05, 4.69) is 0 Å². The summed E-state index contributed by atoms with van der Waals surface area (Å²) in [6.07, 6.45) is 0. The Bertz CT molecular complexity index is 11.7. The maximum absolute atomic E-state index is 0. The van der Waals surface area contributed by atoms with Gasteiger partial charge in [-0.15, -0.1) is 0 Å². The van der Waals surface area contributed by atoms with Crippen LogP contribution in [0.15, 0.2) is 0 Å². The third-order valence-corrected chi connectivity index (χ3v) is 0. The molecule has 0 N–H and O–H groups in total. The Kier molecular flexibility index (Phi) is 1270. The Morgan fingerprint density at radius 1 is 0.571 bits per heavy atom. The summed E-state index contributed by atoms with van der Waals surface area (Å²) in [5.74, 6) is 0. The minimum absolute atomic E-state index is 0. The number of rotatable bonds is 0. The fourth-order valence-corrected chi connectivity index (χ4v) is 0. The molecule has 7 heavy (non-hydrogen) atoms. The van der Waals surface area contributed by atoms with Gasteiger partial charge in [-0.05, 0) is 0 Å². The van der Waals surface area contributed by atoms with Crippen molar-refractivity contribution in [3.05, 3.63) is 0 Å². The van der Waals surface area contributed by atoms with Crippen molar-refractivity contribution in [1.82, 2.24) is 0 Å². The molecule has 0 aromatic heterocycles. The largest absolute Gasteiger partial charge is 4.00 e. The third kappa shape index (κ3) is 58.9. The molecule has 0 bridgehead atoms. The molecular weight excluding hydrogens is 344 g/mol. The Hall–Kier alpha value is 2.44. The van der Waals surface area contributed by atoms with Crippen LogP contribution in [0, 0.1) is 0 Å². The van der Waals surface area contributed by atoms with Gasteiger partial charge in [0, 0.05) is 0 Å². The maximum Gasteiger partial charge on any atom is 4.00 e. The van der Waals surface area contributed by atoms with Crippen LogP contribution in [0.1, 0.15) is 0 Å². The fourth-order valence-electron chi connectivity index (χ4n) is 0. The van der Waals surface area contributed by atoms with E-state index in [0.29, 0.717) is 0 Å². The van der Waals surface area contributed by atoms with Crippen molar-refractivity contribution in [2.24, 2.45) is 0 Å². The molecule has 0 spiro atoms. The molecule has 0 amide bonds. The fraction of sp³-hybridized carbons (Fsp3) is 0. The van der Waals surface area contributed by atoms with E-state index in [-0.39, 0.29) is 99.4 Å². The first-order valence-corrected chi connectivity index (χ1v) is 0. The van der Waals surface area contributed by atoms with Crippen LogP contribution in [0.4, 0.5) is 0 Å². The van der Waals surface area contributed by atoms with Crippen molar-refractivity contribution >= 4 is 26.2 Å². The van der Waals surface area contributed by atoms with Crippen molar-refractivity contribution in [3.63, 3.8) is 0 Å². The van der Waals surface area contributed by atoms with Gasteiger partial charge in [-0.1, -0.05) is 0 Å². The van der Waals surface area contributed by atoms with Crippen molar-refractivity contribution in [3.8, 4) is 0 Å². The summed E-state index contributed by atoms with van der Waals surface area (Å²) in [5, 5.41) is 0. The van der Waals surface area contributed by atoms with Crippen molar-refractivity contribution < 1.29 is 73.2 Å². The molecule has 0 saturated carbocycles. The molecule has 0 unspecified atom stereocenters. The molecule has 0 aliphatic rings. The van der Waals surface area contributed by atoms with E-state index in [9.17, 15) is 0 Å². The molecule has 0 rings (SSSR count). The molecule has 0 fully saturated rings. The van der Waals surface area contributed by atoms with Gasteiger partial charge in [0.15, 0.2) is 0 Å². The van der Waals surface area contributed by atoms with Crippen LogP contribution in [-0.2, 0) is 43.6 Å². The molecule has 0 aliphatic heterocycles. The van der Waals surface area contributed by atoms with Crippen molar-refractivity contribution in [2.45, 2.75) is 0 Å².